The van der Waals surface area contributed by atoms with E-state index in [4.69, 9.17) is 5.11 Å². The Labute approximate surface area is 81.9 Å². The molecule has 2 aliphatic carbocycles. The van der Waals surface area contributed by atoms with Crippen LogP contribution in [-0.4, -0.2) is 16.2 Å². The van der Waals surface area contributed by atoms with Gasteiger partial charge in [-0.15, -0.1) is 12.6 Å². The second kappa shape index (κ2) is 3.01. The minimum atomic E-state index is -0.820. The van der Waals surface area contributed by atoms with E-state index in [2.05, 4.69) is 12.6 Å². The van der Waals surface area contributed by atoms with Crippen molar-refractivity contribution in [2.24, 2.45) is 23.7 Å². The highest BCUT2D eigenvalue weighted by molar-refractivity contribution is 7.96. The Kier molecular flexibility index (Phi) is 2.10. The van der Waals surface area contributed by atoms with Gasteiger partial charge in [0.25, 0.3) is 0 Å². The van der Waals surface area contributed by atoms with E-state index in [1.807, 2.05) is 0 Å². The van der Waals surface area contributed by atoms with E-state index in [-0.39, 0.29) is 22.9 Å². The minimum absolute atomic E-state index is 0.226. The Balaban J connectivity index is 2.24. The summed E-state index contributed by atoms with van der Waals surface area (Å²) < 4.78 is 0. The fourth-order valence-electron chi connectivity index (χ4n) is 3.00. The highest BCUT2D eigenvalue weighted by atomic mass is 32.1. The number of carbonyl (C=O) groups is 2. The van der Waals surface area contributed by atoms with Gasteiger partial charge >= 0.3 is 5.97 Å². The maximum absolute atomic E-state index is 11.2. The van der Waals surface area contributed by atoms with Gasteiger partial charge in [0.05, 0.1) is 5.92 Å². The van der Waals surface area contributed by atoms with Gasteiger partial charge in [0.1, 0.15) is 0 Å². The van der Waals surface area contributed by atoms with Crippen LogP contribution in [0.2, 0.25) is 0 Å². The van der Waals surface area contributed by atoms with Crippen molar-refractivity contribution in [3.05, 3.63) is 0 Å². The molecule has 0 aliphatic heterocycles. The first-order chi connectivity index (χ1) is 6.11. The first kappa shape index (κ1) is 9.06. The lowest BCUT2D eigenvalue weighted by molar-refractivity contribution is -0.147. The summed E-state index contributed by atoms with van der Waals surface area (Å²) in [6.45, 7) is 0. The summed E-state index contributed by atoms with van der Waals surface area (Å²) in [7, 11) is 0. The molecule has 2 rings (SSSR count). The number of thiol groups is 1. The van der Waals surface area contributed by atoms with Gasteiger partial charge in [0, 0.05) is 5.92 Å². The Morgan fingerprint density at radius 3 is 2.08 bits per heavy atom. The fraction of sp³-hybridized carbons (Fsp3) is 0.778. The van der Waals surface area contributed by atoms with Gasteiger partial charge in [0.15, 0.2) is 5.12 Å². The van der Waals surface area contributed by atoms with Crippen LogP contribution in [-0.2, 0) is 9.59 Å². The van der Waals surface area contributed by atoms with Crippen molar-refractivity contribution < 1.29 is 14.7 Å². The third-order valence-electron chi connectivity index (χ3n) is 3.49. The van der Waals surface area contributed by atoms with Crippen LogP contribution in [0.3, 0.4) is 0 Å². The molecule has 13 heavy (non-hydrogen) atoms. The van der Waals surface area contributed by atoms with Crippen molar-refractivity contribution >= 4 is 23.7 Å². The first-order valence-corrected chi connectivity index (χ1v) is 5.01. The smallest absolute Gasteiger partial charge is 0.307 e. The molecule has 1 N–H and O–H groups in total. The molecule has 0 heterocycles. The molecule has 0 spiro atoms. The summed E-state index contributed by atoms with van der Waals surface area (Å²) in [5.74, 6) is -1.08. The average Bonchev–Trinajstić information content (AvgIpc) is 2.60. The third-order valence-corrected chi connectivity index (χ3v) is 3.78. The van der Waals surface area contributed by atoms with E-state index in [1.54, 1.807) is 0 Å². The number of aliphatic carboxylic acids is 1. The number of hydrogen-bond acceptors (Lipinski definition) is 2. The number of hydrogen-bond donors (Lipinski definition) is 2. The molecular formula is C9H12O3S. The standard InChI is InChI=1S/C9H12O3S/c10-8(11)6-4-1-2-5(3-4)7(6)9(12)13/h4-7H,1-3H2,(H,10,11)(H,12,13). The zero-order valence-electron chi connectivity index (χ0n) is 7.14. The number of fused-ring (bicyclic) bond motifs is 2. The van der Waals surface area contributed by atoms with E-state index in [0.29, 0.717) is 0 Å². The molecule has 0 aromatic rings. The molecule has 2 fully saturated rings. The molecule has 0 aromatic carbocycles. The Bertz CT molecular complexity index is 238. The lowest BCUT2D eigenvalue weighted by Gasteiger charge is -2.24. The van der Waals surface area contributed by atoms with Crippen LogP contribution in [0.4, 0.5) is 0 Å². The third kappa shape index (κ3) is 1.27. The predicted octanol–water partition coefficient (Wildman–Crippen LogP) is 1.19. The lowest BCUT2D eigenvalue weighted by Crippen LogP contribution is -2.32. The number of carboxylic acids is 1. The Hall–Kier alpha value is -0.510. The summed E-state index contributed by atoms with van der Waals surface area (Å²) in [6, 6.07) is 0. The summed E-state index contributed by atoms with van der Waals surface area (Å²) in [5.41, 5.74) is 0. The van der Waals surface area contributed by atoms with Crippen LogP contribution in [0.15, 0.2) is 0 Å². The normalized spacial score (nSPS) is 42.2. The molecule has 0 amide bonds. The monoisotopic (exact) mass is 200 g/mol. The van der Waals surface area contributed by atoms with E-state index in [9.17, 15) is 9.59 Å². The molecule has 3 nitrogen and oxygen atoms in total. The van der Waals surface area contributed by atoms with Crippen LogP contribution < -0.4 is 0 Å². The molecule has 0 saturated heterocycles. The van der Waals surface area contributed by atoms with E-state index >= 15 is 0 Å². The Morgan fingerprint density at radius 2 is 1.69 bits per heavy atom. The van der Waals surface area contributed by atoms with Crippen molar-refractivity contribution in [2.75, 3.05) is 0 Å². The zero-order chi connectivity index (χ0) is 9.59. The highest BCUT2D eigenvalue weighted by Crippen LogP contribution is 2.52. The maximum atomic E-state index is 11.2. The minimum Gasteiger partial charge on any atom is -0.481 e. The summed E-state index contributed by atoms with van der Waals surface area (Å²) >= 11 is 3.78. The van der Waals surface area contributed by atoms with Gasteiger partial charge in [-0.05, 0) is 31.1 Å². The molecular weight excluding hydrogens is 188 g/mol. The van der Waals surface area contributed by atoms with E-state index < -0.39 is 11.9 Å². The van der Waals surface area contributed by atoms with Crippen LogP contribution in [0.25, 0.3) is 0 Å². The van der Waals surface area contributed by atoms with Crippen LogP contribution in [0.1, 0.15) is 19.3 Å². The van der Waals surface area contributed by atoms with E-state index in [1.165, 1.54) is 0 Å². The zero-order valence-corrected chi connectivity index (χ0v) is 8.04. The number of carboxylic acid groups (broad SMARTS) is 1. The van der Waals surface area contributed by atoms with Crippen LogP contribution in [0, 0.1) is 23.7 Å². The fourth-order valence-corrected chi connectivity index (χ4v) is 3.37. The quantitative estimate of drug-likeness (QED) is 0.658. The molecule has 72 valence electrons. The van der Waals surface area contributed by atoms with Gasteiger partial charge in [-0.3, -0.25) is 9.59 Å². The molecule has 4 unspecified atom stereocenters. The van der Waals surface area contributed by atoms with Gasteiger partial charge in [-0.2, -0.15) is 0 Å². The largest absolute Gasteiger partial charge is 0.481 e. The lowest BCUT2D eigenvalue weighted by atomic mass is 9.80. The second-order valence-electron chi connectivity index (χ2n) is 4.06. The molecule has 2 saturated carbocycles. The molecule has 2 bridgehead atoms. The van der Waals surface area contributed by atoms with Crippen molar-refractivity contribution in [3.8, 4) is 0 Å². The van der Waals surface area contributed by atoms with Gasteiger partial charge in [0.2, 0.25) is 0 Å². The second-order valence-corrected chi connectivity index (χ2v) is 4.50. The van der Waals surface area contributed by atoms with Crippen LogP contribution >= 0.6 is 12.6 Å². The molecule has 0 aromatic heterocycles. The molecule has 4 atom stereocenters. The maximum Gasteiger partial charge on any atom is 0.307 e. The summed E-state index contributed by atoms with van der Waals surface area (Å²) in [5, 5.41) is 8.73. The van der Waals surface area contributed by atoms with E-state index in [0.717, 1.165) is 19.3 Å². The number of rotatable bonds is 2. The van der Waals surface area contributed by atoms with Crippen LogP contribution in [0.5, 0.6) is 0 Å². The molecule has 2 aliphatic rings. The summed E-state index contributed by atoms with van der Waals surface area (Å²) in [4.78, 5) is 22.1. The molecule has 4 heteroatoms. The van der Waals surface area contributed by atoms with Gasteiger partial charge in [-0.1, -0.05) is 0 Å². The Morgan fingerprint density at radius 1 is 1.15 bits per heavy atom. The SMILES string of the molecule is O=C(O)C1C2CCC(C2)C1C(=O)S. The molecule has 0 radical (unpaired) electrons. The first-order valence-electron chi connectivity index (χ1n) is 4.57. The van der Waals surface area contributed by atoms with Gasteiger partial charge in [-0.25, -0.2) is 0 Å². The van der Waals surface area contributed by atoms with Crippen molar-refractivity contribution in [1.82, 2.24) is 0 Å². The highest BCUT2D eigenvalue weighted by Gasteiger charge is 2.53. The average molecular weight is 200 g/mol. The van der Waals surface area contributed by atoms with Gasteiger partial charge < -0.3 is 5.11 Å². The summed E-state index contributed by atoms with van der Waals surface area (Å²) in [6.07, 6.45) is 2.89. The number of carbonyl (C=O) groups excluding carboxylic acids is 1. The predicted molar refractivity (Wildman–Crippen MR) is 49.4 cm³/mol. The van der Waals surface area contributed by atoms with Crippen molar-refractivity contribution in [2.45, 2.75) is 19.3 Å². The van der Waals surface area contributed by atoms with Crippen molar-refractivity contribution in [3.63, 3.8) is 0 Å². The van der Waals surface area contributed by atoms with Crippen molar-refractivity contribution in [1.29, 1.82) is 0 Å². The topological polar surface area (TPSA) is 54.4 Å².